The number of aryl methyl sites for hydroxylation is 1. The molecule has 1 aromatic carbocycles. The lowest BCUT2D eigenvalue weighted by molar-refractivity contribution is 0.256. The van der Waals surface area contributed by atoms with Gasteiger partial charge in [-0.05, 0) is 31.2 Å². The van der Waals surface area contributed by atoms with Gasteiger partial charge in [0.25, 0.3) is 0 Å². The van der Waals surface area contributed by atoms with Crippen LogP contribution in [-0.2, 0) is 16.4 Å². The highest BCUT2D eigenvalue weighted by Crippen LogP contribution is 2.34. The lowest BCUT2D eigenvalue weighted by atomic mass is 9.80. The number of halogens is 1. The van der Waals surface area contributed by atoms with Crippen molar-refractivity contribution >= 4 is 26.0 Å². The van der Waals surface area contributed by atoms with Gasteiger partial charge in [0.1, 0.15) is 0 Å². The monoisotopic (exact) mass is 331 g/mol. The zero-order valence-corrected chi connectivity index (χ0v) is 12.6. The van der Waals surface area contributed by atoms with Gasteiger partial charge < -0.3 is 0 Å². The van der Waals surface area contributed by atoms with E-state index in [1.807, 2.05) is 30.3 Å². The van der Waals surface area contributed by atoms with Crippen molar-refractivity contribution in [1.29, 1.82) is 0 Å². The summed E-state index contributed by atoms with van der Waals surface area (Å²) in [5.41, 5.74) is 0.833. The van der Waals surface area contributed by atoms with Crippen LogP contribution in [0.25, 0.3) is 0 Å². The van der Waals surface area contributed by atoms with E-state index in [0.29, 0.717) is 11.8 Å². The van der Waals surface area contributed by atoms with Gasteiger partial charge in [-0.15, -0.1) is 0 Å². The minimum atomic E-state index is -3.19. The first-order chi connectivity index (χ1) is 8.55. The van der Waals surface area contributed by atoms with Gasteiger partial charge in [0.15, 0.2) is 0 Å². The lowest BCUT2D eigenvalue weighted by Gasteiger charge is -2.40. The summed E-state index contributed by atoms with van der Waals surface area (Å²) in [6.45, 7) is 0. The van der Waals surface area contributed by atoms with E-state index in [1.54, 1.807) is 0 Å². The van der Waals surface area contributed by atoms with Crippen molar-refractivity contribution in [1.82, 2.24) is 4.72 Å². The number of hydrogen-bond donors (Lipinski definition) is 1. The molecule has 0 bridgehead atoms. The predicted octanol–water partition coefficient (Wildman–Crippen LogP) is 2.47. The SMILES string of the molecule is O=S(=O)(CCc1ccccc1)NC1(CBr)CCC1. The maximum absolute atomic E-state index is 12.0. The summed E-state index contributed by atoms with van der Waals surface area (Å²) < 4.78 is 26.9. The topological polar surface area (TPSA) is 46.2 Å². The van der Waals surface area contributed by atoms with Crippen molar-refractivity contribution < 1.29 is 8.42 Å². The smallest absolute Gasteiger partial charge is 0.212 e. The van der Waals surface area contributed by atoms with Gasteiger partial charge in [-0.25, -0.2) is 13.1 Å². The molecular formula is C13H18BrNO2S. The molecule has 18 heavy (non-hydrogen) atoms. The first-order valence-electron chi connectivity index (χ1n) is 6.17. The predicted molar refractivity (Wildman–Crippen MR) is 77.4 cm³/mol. The highest BCUT2D eigenvalue weighted by Gasteiger charge is 2.39. The third kappa shape index (κ3) is 3.56. The Kier molecular flexibility index (Phi) is 4.45. The second-order valence-corrected chi connectivity index (χ2v) is 7.33. The highest BCUT2D eigenvalue weighted by atomic mass is 79.9. The molecular weight excluding hydrogens is 314 g/mol. The largest absolute Gasteiger partial charge is 0.212 e. The molecule has 0 saturated heterocycles. The van der Waals surface area contributed by atoms with Crippen LogP contribution in [-0.4, -0.2) is 25.0 Å². The zero-order chi connectivity index (χ0) is 13.1. The highest BCUT2D eigenvalue weighted by molar-refractivity contribution is 9.09. The minimum Gasteiger partial charge on any atom is -0.212 e. The normalized spacial score (nSPS) is 18.3. The van der Waals surface area contributed by atoms with Gasteiger partial charge in [0, 0.05) is 10.9 Å². The van der Waals surface area contributed by atoms with Crippen LogP contribution in [0.3, 0.4) is 0 Å². The van der Waals surface area contributed by atoms with E-state index >= 15 is 0 Å². The molecule has 5 heteroatoms. The quantitative estimate of drug-likeness (QED) is 0.814. The number of nitrogens with one attached hydrogen (secondary N) is 1. The van der Waals surface area contributed by atoms with E-state index in [0.717, 1.165) is 24.8 Å². The molecule has 1 saturated carbocycles. The van der Waals surface area contributed by atoms with Crippen LogP contribution in [0, 0.1) is 0 Å². The average molecular weight is 332 g/mol. The molecule has 0 atom stereocenters. The second kappa shape index (κ2) is 5.72. The lowest BCUT2D eigenvalue weighted by Crippen LogP contribution is -2.55. The fraction of sp³-hybridized carbons (Fsp3) is 0.538. The third-order valence-electron chi connectivity index (χ3n) is 3.44. The van der Waals surface area contributed by atoms with Crippen molar-refractivity contribution in [2.24, 2.45) is 0 Å². The van der Waals surface area contributed by atoms with E-state index < -0.39 is 10.0 Å². The maximum Gasteiger partial charge on any atom is 0.212 e. The Bertz CT molecular complexity index is 477. The van der Waals surface area contributed by atoms with Gasteiger partial charge in [-0.3, -0.25) is 0 Å². The molecule has 0 spiro atoms. The summed E-state index contributed by atoms with van der Waals surface area (Å²) in [7, 11) is -3.19. The molecule has 0 aliphatic heterocycles. The zero-order valence-electron chi connectivity index (χ0n) is 10.2. The van der Waals surface area contributed by atoms with Crippen LogP contribution in [0.1, 0.15) is 24.8 Å². The molecule has 1 aliphatic carbocycles. The van der Waals surface area contributed by atoms with Gasteiger partial charge in [-0.1, -0.05) is 46.3 Å². The number of benzene rings is 1. The first kappa shape index (κ1) is 14.0. The number of hydrogen-bond acceptors (Lipinski definition) is 2. The summed E-state index contributed by atoms with van der Waals surface area (Å²) in [4.78, 5) is 0. The fourth-order valence-electron chi connectivity index (χ4n) is 2.14. The molecule has 1 fully saturated rings. The third-order valence-corrected chi connectivity index (χ3v) is 6.00. The Morgan fingerprint density at radius 2 is 1.89 bits per heavy atom. The van der Waals surface area contributed by atoms with Crippen molar-refractivity contribution in [2.45, 2.75) is 31.2 Å². The van der Waals surface area contributed by atoms with Gasteiger partial charge in [0.2, 0.25) is 10.0 Å². The van der Waals surface area contributed by atoms with Crippen LogP contribution >= 0.6 is 15.9 Å². The Morgan fingerprint density at radius 3 is 2.39 bits per heavy atom. The summed E-state index contributed by atoms with van der Waals surface area (Å²) in [6.07, 6.45) is 3.53. The van der Waals surface area contributed by atoms with Gasteiger partial charge >= 0.3 is 0 Å². The van der Waals surface area contributed by atoms with Gasteiger partial charge in [-0.2, -0.15) is 0 Å². The molecule has 0 amide bonds. The average Bonchev–Trinajstić information content (AvgIpc) is 2.33. The molecule has 1 aliphatic rings. The van der Waals surface area contributed by atoms with Crippen molar-refractivity contribution in [2.75, 3.05) is 11.1 Å². The van der Waals surface area contributed by atoms with Crippen LogP contribution in [0.2, 0.25) is 0 Å². The Hall–Kier alpha value is -0.390. The summed E-state index contributed by atoms with van der Waals surface area (Å²) >= 11 is 3.41. The van der Waals surface area contributed by atoms with Gasteiger partial charge in [0.05, 0.1) is 5.75 Å². The molecule has 2 rings (SSSR count). The molecule has 0 unspecified atom stereocenters. The van der Waals surface area contributed by atoms with E-state index in [1.165, 1.54) is 0 Å². The van der Waals surface area contributed by atoms with Crippen LogP contribution in [0.4, 0.5) is 0 Å². The van der Waals surface area contributed by atoms with E-state index in [-0.39, 0.29) is 11.3 Å². The standard InChI is InChI=1S/C13H18BrNO2S/c14-11-13(8-4-9-13)15-18(16,17)10-7-12-5-2-1-3-6-12/h1-3,5-6,15H,4,7-11H2. The number of alkyl halides is 1. The Balaban J connectivity index is 1.92. The van der Waals surface area contributed by atoms with E-state index in [4.69, 9.17) is 0 Å². The fourth-order valence-corrected chi connectivity index (χ4v) is 4.57. The molecule has 1 N–H and O–H groups in total. The van der Waals surface area contributed by atoms with Crippen LogP contribution < -0.4 is 4.72 Å². The Morgan fingerprint density at radius 1 is 1.22 bits per heavy atom. The van der Waals surface area contributed by atoms with E-state index in [2.05, 4.69) is 20.7 Å². The summed E-state index contributed by atoms with van der Waals surface area (Å²) in [6, 6.07) is 9.71. The molecule has 3 nitrogen and oxygen atoms in total. The first-order valence-corrected chi connectivity index (χ1v) is 8.94. The minimum absolute atomic E-state index is 0.158. The molecule has 0 aromatic heterocycles. The molecule has 0 radical (unpaired) electrons. The summed E-state index contributed by atoms with van der Waals surface area (Å²) in [5.74, 6) is 0.158. The van der Waals surface area contributed by atoms with Crippen molar-refractivity contribution in [3.63, 3.8) is 0 Å². The summed E-state index contributed by atoms with van der Waals surface area (Å²) in [5, 5.41) is 0.699. The van der Waals surface area contributed by atoms with Crippen LogP contribution in [0.5, 0.6) is 0 Å². The van der Waals surface area contributed by atoms with Crippen LogP contribution in [0.15, 0.2) is 30.3 Å². The number of sulfonamides is 1. The number of rotatable bonds is 6. The van der Waals surface area contributed by atoms with E-state index in [9.17, 15) is 8.42 Å². The van der Waals surface area contributed by atoms with Crippen molar-refractivity contribution in [3.8, 4) is 0 Å². The van der Waals surface area contributed by atoms with Crippen molar-refractivity contribution in [3.05, 3.63) is 35.9 Å². The molecule has 0 heterocycles. The molecule has 1 aromatic rings. The second-order valence-electron chi connectivity index (χ2n) is 4.92. The Labute approximate surface area is 117 Å². The molecule has 100 valence electrons. The maximum atomic E-state index is 12.0.